The monoisotopic (exact) mass is 373 g/mol. The summed E-state index contributed by atoms with van der Waals surface area (Å²) in [6.45, 7) is 0. The number of piperidine rings is 1. The molecule has 6 nitrogen and oxygen atoms in total. The first-order chi connectivity index (χ1) is 12.2. The van der Waals surface area contributed by atoms with E-state index in [4.69, 9.17) is 4.98 Å². The van der Waals surface area contributed by atoms with E-state index in [1.54, 1.807) is 34.2 Å². The Bertz CT molecular complexity index is 933. The standard InChI is InChI=1S/C17H19N5OS2/c1-21(12-8-10-5-6-11(9-12)18-10)16-19-14-15(24-16)20-17(25-14)22-7-3-2-4-13(22)23/h2-4,7,10-12,18H,5-6,8-9H2,1H3/t10-,11+,12-. The molecule has 0 unspecified atom stereocenters. The van der Waals surface area contributed by atoms with E-state index in [1.807, 2.05) is 6.07 Å². The maximum absolute atomic E-state index is 12.0. The number of nitrogens with zero attached hydrogens (tertiary/aromatic N) is 4. The largest absolute Gasteiger partial charge is 0.348 e. The topological polar surface area (TPSA) is 63.1 Å². The molecule has 3 aromatic rings. The van der Waals surface area contributed by atoms with Crippen LogP contribution in [-0.4, -0.2) is 39.7 Å². The Balaban J connectivity index is 1.43. The van der Waals surface area contributed by atoms with Crippen LogP contribution in [-0.2, 0) is 0 Å². The van der Waals surface area contributed by atoms with Gasteiger partial charge in [-0.05, 0) is 31.7 Å². The highest BCUT2D eigenvalue weighted by Crippen LogP contribution is 2.36. The Morgan fingerprint density at radius 3 is 2.64 bits per heavy atom. The van der Waals surface area contributed by atoms with Gasteiger partial charge in [0.15, 0.2) is 19.9 Å². The Morgan fingerprint density at radius 1 is 1.16 bits per heavy atom. The highest BCUT2D eigenvalue weighted by atomic mass is 32.1. The molecule has 2 bridgehead atoms. The Kier molecular flexibility index (Phi) is 3.65. The van der Waals surface area contributed by atoms with E-state index in [2.05, 4.69) is 22.2 Å². The van der Waals surface area contributed by atoms with Crippen molar-refractivity contribution < 1.29 is 0 Å². The molecule has 2 aliphatic rings. The van der Waals surface area contributed by atoms with Crippen molar-refractivity contribution in [2.75, 3.05) is 11.9 Å². The first-order valence-corrected chi connectivity index (χ1v) is 10.2. The molecule has 1 N–H and O–H groups in total. The van der Waals surface area contributed by atoms with Crippen LogP contribution in [0, 0.1) is 0 Å². The molecule has 3 aromatic heterocycles. The van der Waals surface area contributed by atoms with Gasteiger partial charge in [0.25, 0.3) is 5.56 Å². The summed E-state index contributed by atoms with van der Waals surface area (Å²) in [6, 6.07) is 7.02. The molecule has 25 heavy (non-hydrogen) atoms. The fourth-order valence-corrected chi connectivity index (χ4v) is 6.02. The SMILES string of the molecule is CN(c1nc2sc(-n3ccccc3=O)nc2s1)[C@@H]1C[C@H]2CC[C@@H](C1)N2. The van der Waals surface area contributed by atoms with Crippen molar-refractivity contribution in [3.8, 4) is 5.13 Å². The van der Waals surface area contributed by atoms with Crippen molar-refractivity contribution in [3.05, 3.63) is 34.7 Å². The summed E-state index contributed by atoms with van der Waals surface area (Å²) in [5.74, 6) is 0. The average Bonchev–Trinajstić information content (AvgIpc) is 3.27. The van der Waals surface area contributed by atoms with Crippen molar-refractivity contribution in [2.24, 2.45) is 0 Å². The molecule has 3 atom stereocenters. The van der Waals surface area contributed by atoms with E-state index in [1.165, 1.54) is 37.0 Å². The van der Waals surface area contributed by atoms with E-state index < -0.39 is 0 Å². The van der Waals surface area contributed by atoms with E-state index in [0.717, 1.165) is 14.8 Å². The molecule has 5 rings (SSSR count). The van der Waals surface area contributed by atoms with E-state index in [0.29, 0.717) is 23.3 Å². The van der Waals surface area contributed by atoms with Gasteiger partial charge in [-0.25, -0.2) is 9.97 Å². The molecule has 2 fully saturated rings. The molecular weight excluding hydrogens is 354 g/mol. The third kappa shape index (κ3) is 2.68. The van der Waals surface area contributed by atoms with Crippen molar-refractivity contribution in [1.29, 1.82) is 0 Å². The van der Waals surface area contributed by atoms with Crippen molar-refractivity contribution in [1.82, 2.24) is 19.9 Å². The third-order valence-electron chi connectivity index (χ3n) is 5.28. The maximum Gasteiger partial charge on any atom is 0.256 e. The molecular formula is C17H19N5OS2. The van der Waals surface area contributed by atoms with Crippen LogP contribution in [0.2, 0.25) is 0 Å². The van der Waals surface area contributed by atoms with Gasteiger partial charge in [-0.2, -0.15) is 0 Å². The molecule has 0 aliphatic carbocycles. The molecule has 130 valence electrons. The number of nitrogens with one attached hydrogen (secondary N) is 1. The number of fused-ring (bicyclic) bond motifs is 3. The highest BCUT2D eigenvalue weighted by Gasteiger charge is 2.36. The Morgan fingerprint density at radius 2 is 1.92 bits per heavy atom. The first kappa shape index (κ1) is 15.5. The lowest BCUT2D eigenvalue weighted by molar-refractivity contribution is 0.354. The molecule has 0 radical (unpaired) electrons. The van der Waals surface area contributed by atoms with E-state index in [-0.39, 0.29) is 5.56 Å². The molecule has 0 amide bonds. The number of aromatic nitrogens is 3. The quantitative estimate of drug-likeness (QED) is 0.765. The number of pyridine rings is 1. The number of rotatable bonds is 3. The number of anilines is 1. The third-order valence-corrected chi connectivity index (χ3v) is 7.40. The zero-order valence-electron chi connectivity index (χ0n) is 13.9. The summed E-state index contributed by atoms with van der Waals surface area (Å²) in [7, 11) is 2.15. The molecule has 2 saturated heterocycles. The van der Waals surface area contributed by atoms with Crippen LogP contribution in [0.5, 0.6) is 0 Å². The maximum atomic E-state index is 12.0. The second-order valence-corrected chi connectivity index (χ2v) is 8.80. The molecule has 8 heteroatoms. The Hall–Kier alpha value is -1.77. The van der Waals surface area contributed by atoms with Gasteiger partial charge in [0.2, 0.25) is 0 Å². The van der Waals surface area contributed by atoms with Gasteiger partial charge in [0.05, 0.1) is 0 Å². The fourth-order valence-electron chi connectivity index (χ4n) is 3.96. The van der Waals surface area contributed by atoms with Crippen molar-refractivity contribution >= 4 is 37.5 Å². The van der Waals surface area contributed by atoms with E-state index >= 15 is 0 Å². The Labute approximate surface area is 153 Å². The molecule has 0 spiro atoms. The van der Waals surface area contributed by atoms with Crippen LogP contribution in [0.15, 0.2) is 29.2 Å². The second-order valence-electron chi connectivity index (χ2n) is 6.89. The molecule has 5 heterocycles. The first-order valence-electron chi connectivity index (χ1n) is 8.61. The predicted octanol–water partition coefficient (Wildman–Crippen LogP) is 2.62. The highest BCUT2D eigenvalue weighted by molar-refractivity contribution is 7.29. The lowest BCUT2D eigenvalue weighted by Crippen LogP contribution is -2.47. The van der Waals surface area contributed by atoms with Gasteiger partial charge in [0, 0.05) is 37.4 Å². The van der Waals surface area contributed by atoms with Crippen LogP contribution in [0.1, 0.15) is 25.7 Å². The minimum atomic E-state index is -0.0635. The molecule has 0 saturated carbocycles. The summed E-state index contributed by atoms with van der Waals surface area (Å²) >= 11 is 3.10. The van der Waals surface area contributed by atoms with Crippen molar-refractivity contribution in [3.63, 3.8) is 0 Å². The summed E-state index contributed by atoms with van der Waals surface area (Å²) in [5, 5.41) is 5.42. The van der Waals surface area contributed by atoms with E-state index in [9.17, 15) is 4.79 Å². The average molecular weight is 374 g/mol. The lowest BCUT2D eigenvalue weighted by atomic mass is 9.99. The van der Waals surface area contributed by atoms with Gasteiger partial charge >= 0.3 is 0 Å². The smallest absolute Gasteiger partial charge is 0.256 e. The minimum absolute atomic E-state index is 0.0635. The molecule has 2 aliphatic heterocycles. The summed E-state index contributed by atoms with van der Waals surface area (Å²) in [5.41, 5.74) is -0.0635. The summed E-state index contributed by atoms with van der Waals surface area (Å²) < 4.78 is 1.58. The number of hydrogen-bond acceptors (Lipinski definition) is 7. The second kappa shape index (κ2) is 5.89. The zero-order chi connectivity index (χ0) is 17.0. The summed E-state index contributed by atoms with van der Waals surface area (Å²) in [4.78, 5) is 25.6. The van der Waals surface area contributed by atoms with Crippen molar-refractivity contribution in [2.45, 2.75) is 43.8 Å². The fraction of sp³-hybridized carbons (Fsp3) is 0.471. The van der Waals surface area contributed by atoms with Gasteiger partial charge < -0.3 is 10.2 Å². The number of hydrogen-bond donors (Lipinski definition) is 1. The molecule has 0 aromatic carbocycles. The number of thiazole rings is 2. The summed E-state index contributed by atoms with van der Waals surface area (Å²) in [6.07, 6.45) is 6.75. The van der Waals surface area contributed by atoms with Gasteiger partial charge in [-0.3, -0.25) is 9.36 Å². The van der Waals surface area contributed by atoms with Gasteiger partial charge in [-0.15, -0.1) is 0 Å². The normalized spacial score (nSPS) is 25.6. The predicted molar refractivity (Wildman–Crippen MR) is 102 cm³/mol. The van der Waals surface area contributed by atoms with Crippen LogP contribution < -0.4 is 15.8 Å². The van der Waals surface area contributed by atoms with Crippen LogP contribution in [0.25, 0.3) is 14.8 Å². The minimum Gasteiger partial charge on any atom is -0.348 e. The van der Waals surface area contributed by atoms with Crippen LogP contribution in [0.3, 0.4) is 0 Å². The van der Waals surface area contributed by atoms with Crippen LogP contribution >= 0.6 is 22.7 Å². The van der Waals surface area contributed by atoms with Gasteiger partial charge in [-0.1, -0.05) is 28.7 Å². The van der Waals surface area contributed by atoms with Crippen LogP contribution in [0.4, 0.5) is 5.13 Å². The zero-order valence-corrected chi connectivity index (χ0v) is 15.5. The lowest BCUT2D eigenvalue weighted by Gasteiger charge is -2.35. The van der Waals surface area contributed by atoms with Gasteiger partial charge in [0.1, 0.15) is 0 Å².